The maximum atomic E-state index is 12.0. The minimum absolute atomic E-state index is 0.147. The van der Waals surface area contributed by atoms with E-state index in [1.807, 2.05) is 24.1 Å². The van der Waals surface area contributed by atoms with E-state index in [0.717, 1.165) is 32.5 Å². The third-order valence-corrected chi connectivity index (χ3v) is 7.35. The van der Waals surface area contributed by atoms with E-state index in [9.17, 15) is 21.6 Å². The summed E-state index contributed by atoms with van der Waals surface area (Å²) in [6, 6.07) is 0. The first-order valence-electron chi connectivity index (χ1n) is 9.56. The van der Waals surface area contributed by atoms with Gasteiger partial charge in [-0.1, -0.05) is 0 Å². The summed E-state index contributed by atoms with van der Waals surface area (Å²) in [6.45, 7) is 3.95. The normalized spacial score (nSPS) is 26.9. The molecule has 3 fully saturated rings. The number of hydrogen-bond donors (Lipinski definition) is 2. The molecule has 0 aromatic carbocycles. The van der Waals surface area contributed by atoms with Crippen LogP contribution in [0.3, 0.4) is 0 Å². The Morgan fingerprint density at radius 3 is 2.57 bits per heavy atom. The molecule has 9 nitrogen and oxygen atoms in total. The summed E-state index contributed by atoms with van der Waals surface area (Å²) >= 11 is 0. The Morgan fingerprint density at radius 2 is 2.03 bits per heavy atom. The highest BCUT2D eigenvalue weighted by Gasteiger charge is 2.44. The molecule has 2 N–H and O–H groups in total. The Hall–Kier alpha value is -1.70. The van der Waals surface area contributed by atoms with Crippen molar-refractivity contribution < 1.29 is 36.2 Å². The van der Waals surface area contributed by atoms with Crippen LogP contribution in [0, 0.1) is 11.8 Å². The van der Waals surface area contributed by atoms with E-state index in [2.05, 4.69) is 14.7 Å². The molecule has 0 bridgehead atoms. The molecule has 0 unspecified atom stereocenters. The van der Waals surface area contributed by atoms with Crippen LogP contribution in [0.4, 0.5) is 13.2 Å². The summed E-state index contributed by atoms with van der Waals surface area (Å²) < 4.78 is 66.2. The minimum atomic E-state index is -5.08. The van der Waals surface area contributed by atoms with Crippen LogP contribution in [-0.2, 0) is 33.1 Å². The lowest BCUT2D eigenvalue weighted by atomic mass is 9.93. The number of nitrogens with zero attached hydrogens (tertiary/aromatic N) is 3. The maximum Gasteiger partial charge on any atom is 0.490 e. The summed E-state index contributed by atoms with van der Waals surface area (Å²) in [5, 5.41) is 11.2. The van der Waals surface area contributed by atoms with Gasteiger partial charge < -0.3 is 9.84 Å². The summed E-state index contributed by atoms with van der Waals surface area (Å²) in [6.07, 6.45) is 0.706. The molecule has 3 atom stereocenters. The van der Waals surface area contributed by atoms with Crippen LogP contribution in [0.1, 0.15) is 18.4 Å². The fourth-order valence-corrected chi connectivity index (χ4v) is 5.19. The standard InChI is InChI=1S/C15H24N4O3S.C2HF3O2/c1-18-6-11(4-16-18)7-19-8-14-12(10-22-15(14)9-19)5-17-23(20,21)13-2-3-13;3-2(4,5)1(6)7/h4,6,12-15,17H,2-3,5,7-10H2,1H3;(H,6,7)/t12-,14-,15-;/m1./s1. The van der Waals surface area contributed by atoms with Gasteiger partial charge in [0.15, 0.2) is 0 Å². The maximum absolute atomic E-state index is 12.0. The van der Waals surface area contributed by atoms with E-state index >= 15 is 0 Å². The molecule has 170 valence electrons. The SMILES string of the molecule is Cn1cc(CN2C[C@@H]3[C@H](CNS(=O)(=O)C4CC4)CO[C@@H]3C2)cn1.O=C(O)C(F)(F)F. The molecule has 1 saturated carbocycles. The molecule has 2 saturated heterocycles. The number of sulfonamides is 1. The second-order valence-corrected chi connectivity index (χ2v) is 9.95. The predicted octanol–water partition coefficient (Wildman–Crippen LogP) is 0.582. The number of rotatable bonds is 6. The van der Waals surface area contributed by atoms with Gasteiger partial charge in [0.2, 0.25) is 10.0 Å². The predicted molar refractivity (Wildman–Crippen MR) is 98.8 cm³/mol. The molecule has 30 heavy (non-hydrogen) atoms. The first-order valence-corrected chi connectivity index (χ1v) is 11.1. The lowest BCUT2D eigenvalue weighted by Crippen LogP contribution is -2.35. The molecule has 1 aromatic rings. The van der Waals surface area contributed by atoms with Gasteiger partial charge in [-0.3, -0.25) is 9.58 Å². The van der Waals surface area contributed by atoms with Gasteiger partial charge in [0.05, 0.1) is 24.2 Å². The number of carbonyl (C=O) groups is 1. The van der Waals surface area contributed by atoms with Gasteiger partial charge in [0, 0.05) is 56.8 Å². The zero-order valence-electron chi connectivity index (χ0n) is 16.4. The Kier molecular flexibility index (Phi) is 6.75. The Bertz CT molecular complexity index is 856. The molecule has 3 aliphatic rings. The summed E-state index contributed by atoms with van der Waals surface area (Å²) in [7, 11) is -1.17. The topological polar surface area (TPSA) is 114 Å². The lowest BCUT2D eigenvalue weighted by molar-refractivity contribution is -0.192. The first-order chi connectivity index (χ1) is 14.0. The van der Waals surface area contributed by atoms with Crippen LogP contribution in [0.25, 0.3) is 0 Å². The van der Waals surface area contributed by atoms with Gasteiger partial charge in [-0.25, -0.2) is 17.9 Å². The van der Waals surface area contributed by atoms with E-state index < -0.39 is 22.2 Å². The van der Waals surface area contributed by atoms with E-state index in [4.69, 9.17) is 14.6 Å². The highest BCUT2D eigenvalue weighted by Crippen LogP contribution is 2.34. The zero-order valence-corrected chi connectivity index (χ0v) is 17.2. The van der Waals surface area contributed by atoms with Crippen LogP contribution in [-0.4, -0.2) is 77.9 Å². The second-order valence-electron chi connectivity index (χ2n) is 7.91. The molecule has 2 aliphatic heterocycles. The fraction of sp³-hybridized carbons (Fsp3) is 0.765. The number of ether oxygens (including phenoxy) is 1. The second kappa shape index (κ2) is 8.81. The molecule has 3 heterocycles. The minimum Gasteiger partial charge on any atom is -0.475 e. The summed E-state index contributed by atoms with van der Waals surface area (Å²) in [4.78, 5) is 11.3. The highest BCUT2D eigenvalue weighted by molar-refractivity contribution is 7.90. The Labute approximate surface area is 172 Å². The van der Waals surface area contributed by atoms with Crippen LogP contribution >= 0.6 is 0 Å². The van der Waals surface area contributed by atoms with Gasteiger partial charge >= 0.3 is 12.1 Å². The number of nitrogens with one attached hydrogen (secondary N) is 1. The molecule has 0 spiro atoms. The number of carboxylic acids is 1. The summed E-state index contributed by atoms with van der Waals surface area (Å²) in [5.41, 5.74) is 1.21. The Morgan fingerprint density at radius 1 is 1.37 bits per heavy atom. The van der Waals surface area contributed by atoms with Crippen molar-refractivity contribution in [3.63, 3.8) is 0 Å². The van der Waals surface area contributed by atoms with Gasteiger partial charge in [-0.2, -0.15) is 18.3 Å². The van der Waals surface area contributed by atoms with Crippen LogP contribution in [0.2, 0.25) is 0 Å². The van der Waals surface area contributed by atoms with Crippen LogP contribution < -0.4 is 4.72 Å². The van der Waals surface area contributed by atoms with Gasteiger partial charge in [0.1, 0.15) is 0 Å². The monoisotopic (exact) mass is 454 g/mol. The number of hydrogen-bond acceptors (Lipinski definition) is 6. The smallest absolute Gasteiger partial charge is 0.475 e. The zero-order chi connectivity index (χ0) is 22.1. The van der Waals surface area contributed by atoms with E-state index in [1.165, 1.54) is 5.56 Å². The number of aliphatic carboxylic acids is 1. The first kappa shape index (κ1) is 23.0. The van der Waals surface area contributed by atoms with Gasteiger partial charge in [-0.05, 0) is 12.8 Å². The number of carboxylic acid groups (broad SMARTS) is 1. The molecular weight excluding hydrogens is 429 g/mol. The number of likely N-dealkylation sites (tertiary alicyclic amines) is 1. The summed E-state index contributed by atoms with van der Waals surface area (Å²) in [5.74, 6) is -2.05. The molecule has 1 aliphatic carbocycles. The van der Waals surface area contributed by atoms with Crippen molar-refractivity contribution in [1.82, 2.24) is 19.4 Å². The average Bonchev–Trinajstić information content (AvgIpc) is 3.18. The van der Waals surface area contributed by atoms with E-state index in [-0.39, 0.29) is 17.3 Å². The van der Waals surface area contributed by atoms with E-state index in [1.54, 1.807) is 0 Å². The molecular formula is C17H25F3N4O5S. The number of aromatic nitrogens is 2. The van der Waals surface area contributed by atoms with Crippen LogP contribution in [0.15, 0.2) is 12.4 Å². The van der Waals surface area contributed by atoms with Crippen molar-refractivity contribution in [1.29, 1.82) is 0 Å². The van der Waals surface area contributed by atoms with Crippen molar-refractivity contribution in [3.05, 3.63) is 18.0 Å². The fourth-order valence-electron chi connectivity index (χ4n) is 3.75. The molecule has 13 heteroatoms. The number of alkyl halides is 3. The molecule has 1 aromatic heterocycles. The number of aryl methyl sites for hydroxylation is 1. The quantitative estimate of drug-likeness (QED) is 0.647. The van der Waals surface area contributed by atoms with E-state index in [0.29, 0.717) is 19.1 Å². The van der Waals surface area contributed by atoms with Crippen molar-refractivity contribution in [3.8, 4) is 0 Å². The number of halogens is 3. The van der Waals surface area contributed by atoms with Crippen LogP contribution in [0.5, 0.6) is 0 Å². The lowest BCUT2D eigenvalue weighted by Gasteiger charge is -2.19. The molecule has 0 amide bonds. The average molecular weight is 454 g/mol. The van der Waals surface area contributed by atoms with Gasteiger partial charge in [-0.15, -0.1) is 0 Å². The third kappa shape index (κ3) is 5.93. The van der Waals surface area contributed by atoms with Crippen molar-refractivity contribution in [2.75, 3.05) is 26.2 Å². The third-order valence-electron chi connectivity index (χ3n) is 5.43. The highest BCUT2D eigenvalue weighted by atomic mass is 32.2. The van der Waals surface area contributed by atoms with Gasteiger partial charge in [0.25, 0.3) is 0 Å². The number of fused-ring (bicyclic) bond motifs is 1. The van der Waals surface area contributed by atoms with Crippen molar-refractivity contribution in [2.45, 2.75) is 36.9 Å². The molecule has 0 radical (unpaired) electrons. The molecule has 4 rings (SSSR count). The largest absolute Gasteiger partial charge is 0.490 e. The van der Waals surface area contributed by atoms with Crippen molar-refractivity contribution >= 4 is 16.0 Å². The Balaban J connectivity index is 0.000000318. The van der Waals surface area contributed by atoms with Crippen molar-refractivity contribution in [2.24, 2.45) is 18.9 Å².